The first kappa shape index (κ1) is 34.5. The molecule has 0 heterocycles. The molecule has 0 radical (unpaired) electrons. The third-order valence-corrected chi connectivity index (χ3v) is 4.45. The van der Waals surface area contributed by atoms with Crippen LogP contribution in [0.1, 0.15) is 108 Å². The van der Waals surface area contributed by atoms with Gasteiger partial charge in [0.15, 0.2) is 0 Å². The molecule has 0 saturated carbocycles. The van der Waals surface area contributed by atoms with Crippen LogP contribution in [-0.4, -0.2) is 40.8 Å². The number of aliphatic hydroxyl groups excluding tert-OH is 2. The summed E-state index contributed by atoms with van der Waals surface area (Å²) in [5, 5.41) is 20.2. The topological polar surface area (TPSA) is 113 Å². The molecule has 2 amide bonds. The van der Waals surface area contributed by atoms with Crippen molar-refractivity contribution in [3.8, 4) is 0 Å². The highest BCUT2D eigenvalue weighted by Crippen LogP contribution is 2.33. The largest absolute Gasteiger partial charge is 0.396 e. The maximum Gasteiger partial charge on any atom is 0.226 e. The Bertz CT molecular complexity index is 478. The van der Waals surface area contributed by atoms with Gasteiger partial charge < -0.3 is 21.3 Å². The summed E-state index contributed by atoms with van der Waals surface area (Å²) in [6.45, 7) is 23.0. The molecule has 0 aliphatic rings. The summed E-state index contributed by atoms with van der Waals surface area (Å²) in [5.41, 5.74) is 4.30. The van der Waals surface area contributed by atoms with Gasteiger partial charge in [-0.3, -0.25) is 9.59 Å². The molecule has 0 saturated heterocycles. The van der Waals surface area contributed by atoms with Gasteiger partial charge in [-0.2, -0.15) is 0 Å². The van der Waals surface area contributed by atoms with Crippen molar-refractivity contribution in [3.05, 3.63) is 0 Å². The van der Waals surface area contributed by atoms with Crippen molar-refractivity contribution in [1.82, 2.24) is 5.32 Å². The molecule has 0 aromatic heterocycles. The van der Waals surface area contributed by atoms with Gasteiger partial charge in [0.2, 0.25) is 11.8 Å². The zero-order valence-electron chi connectivity index (χ0n) is 22.4. The lowest BCUT2D eigenvalue weighted by molar-refractivity contribution is -0.132. The van der Waals surface area contributed by atoms with E-state index < -0.39 is 0 Å². The molecule has 0 bridgehead atoms. The molecule has 0 unspecified atom stereocenters. The summed E-state index contributed by atoms with van der Waals surface area (Å²) in [5.74, 6) is 1.10. The van der Waals surface area contributed by atoms with Crippen LogP contribution in [0.3, 0.4) is 0 Å². The number of amides is 2. The van der Waals surface area contributed by atoms with Crippen LogP contribution < -0.4 is 11.1 Å². The SMILES string of the molecule is CC(C)(C)CC(C)(C)C(=O)NC(C)(C)CCO.CC(C)CCC(N)=O.CC(C)CCO. The fourth-order valence-electron chi connectivity index (χ4n) is 2.91. The molecule has 0 aliphatic heterocycles. The summed E-state index contributed by atoms with van der Waals surface area (Å²) >= 11 is 0. The van der Waals surface area contributed by atoms with E-state index >= 15 is 0 Å². The number of carbonyl (C=O) groups is 2. The first-order valence-corrected chi connectivity index (χ1v) is 11.6. The monoisotopic (exact) mass is 446 g/mol. The van der Waals surface area contributed by atoms with Crippen LogP contribution >= 0.6 is 0 Å². The van der Waals surface area contributed by atoms with Crippen molar-refractivity contribution >= 4 is 11.8 Å². The maximum absolute atomic E-state index is 12.2. The van der Waals surface area contributed by atoms with Gasteiger partial charge >= 0.3 is 0 Å². The molecular formula is C25H54N2O4. The van der Waals surface area contributed by atoms with Crippen molar-refractivity contribution in [2.45, 2.75) is 114 Å². The Morgan fingerprint density at radius 3 is 1.52 bits per heavy atom. The molecule has 31 heavy (non-hydrogen) atoms. The Labute approximate surface area is 192 Å². The zero-order valence-corrected chi connectivity index (χ0v) is 22.4. The minimum Gasteiger partial charge on any atom is -0.396 e. The maximum atomic E-state index is 12.2. The van der Waals surface area contributed by atoms with Crippen molar-refractivity contribution in [2.24, 2.45) is 28.4 Å². The van der Waals surface area contributed by atoms with Crippen LogP contribution in [0.15, 0.2) is 0 Å². The molecule has 0 aromatic carbocycles. The third kappa shape index (κ3) is 26.8. The summed E-state index contributed by atoms with van der Waals surface area (Å²) in [4.78, 5) is 22.4. The molecule has 0 aromatic rings. The fourth-order valence-corrected chi connectivity index (χ4v) is 2.91. The first-order chi connectivity index (χ1) is 13.8. The van der Waals surface area contributed by atoms with Crippen molar-refractivity contribution in [3.63, 3.8) is 0 Å². The van der Waals surface area contributed by atoms with Crippen molar-refractivity contribution in [2.75, 3.05) is 13.2 Å². The number of aliphatic hydroxyl groups is 2. The standard InChI is InChI=1S/C14H29NO2.C6H13NO.C5H12O/c1-12(2,3)10-13(4,5)11(17)15-14(6,7)8-9-16;1-5(2)3-4-6(7)8;1-5(2)3-4-6/h16H,8-10H2,1-7H3,(H,15,17);5H,3-4H2,1-2H3,(H2,7,8);5-6H,3-4H2,1-2H3. The zero-order chi connectivity index (χ0) is 25.5. The smallest absolute Gasteiger partial charge is 0.226 e. The number of carbonyl (C=O) groups excluding carboxylic acids is 2. The van der Waals surface area contributed by atoms with E-state index in [0.717, 1.165) is 19.3 Å². The molecule has 6 heteroatoms. The van der Waals surface area contributed by atoms with Gasteiger partial charge in [0, 0.05) is 30.6 Å². The number of rotatable bonds is 10. The van der Waals surface area contributed by atoms with E-state index in [1.54, 1.807) is 0 Å². The highest BCUT2D eigenvalue weighted by molar-refractivity contribution is 5.82. The molecule has 188 valence electrons. The van der Waals surface area contributed by atoms with E-state index in [1.165, 1.54) is 0 Å². The van der Waals surface area contributed by atoms with E-state index in [4.69, 9.17) is 15.9 Å². The molecular weight excluding hydrogens is 392 g/mol. The molecule has 0 fully saturated rings. The average molecular weight is 447 g/mol. The van der Waals surface area contributed by atoms with Gasteiger partial charge in [-0.25, -0.2) is 0 Å². The Kier molecular flexibility index (Phi) is 18.3. The Balaban J connectivity index is -0.000000461. The van der Waals surface area contributed by atoms with Gasteiger partial charge in [0.25, 0.3) is 0 Å². The number of hydrogen-bond acceptors (Lipinski definition) is 4. The van der Waals surface area contributed by atoms with Crippen LogP contribution in [0.2, 0.25) is 0 Å². The van der Waals surface area contributed by atoms with E-state index in [-0.39, 0.29) is 34.8 Å². The second-order valence-corrected chi connectivity index (χ2v) is 11.7. The summed E-state index contributed by atoms with van der Waals surface area (Å²) in [6, 6.07) is 0. The van der Waals surface area contributed by atoms with E-state index in [1.807, 2.05) is 27.7 Å². The Hall–Kier alpha value is -1.14. The van der Waals surface area contributed by atoms with Gasteiger partial charge in [-0.05, 0) is 56.8 Å². The minimum atomic E-state index is -0.384. The number of primary amides is 1. The van der Waals surface area contributed by atoms with Crippen LogP contribution in [0, 0.1) is 22.7 Å². The summed E-state index contributed by atoms with van der Waals surface area (Å²) in [6.07, 6.45) is 3.78. The normalized spacial score (nSPS) is 12.0. The molecule has 0 aliphatic carbocycles. The molecule has 0 atom stereocenters. The van der Waals surface area contributed by atoms with E-state index in [0.29, 0.717) is 31.3 Å². The highest BCUT2D eigenvalue weighted by atomic mass is 16.3. The van der Waals surface area contributed by atoms with Crippen LogP contribution in [-0.2, 0) is 9.59 Å². The summed E-state index contributed by atoms with van der Waals surface area (Å²) in [7, 11) is 0. The van der Waals surface area contributed by atoms with Gasteiger partial charge in [0.1, 0.15) is 0 Å². The Morgan fingerprint density at radius 2 is 1.29 bits per heavy atom. The lowest BCUT2D eigenvalue weighted by Gasteiger charge is -2.35. The van der Waals surface area contributed by atoms with Crippen LogP contribution in [0.4, 0.5) is 0 Å². The minimum absolute atomic E-state index is 0.0610. The second kappa shape index (κ2) is 16.5. The quantitative estimate of drug-likeness (QED) is 0.391. The lowest BCUT2D eigenvalue weighted by atomic mass is 9.75. The Morgan fingerprint density at radius 1 is 0.839 bits per heavy atom. The van der Waals surface area contributed by atoms with Gasteiger partial charge in [0.05, 0.1) is 0 Å². The van der Waals surface area contributed by atoms with E-state index in [2.05, 4.69) is 53.8 Å². The second-order valence-electron chi connectivity index (χ2n) is 11.7. The van der Waals surface area contributed by atoms with E-state index in [9.17, 15) is 9.59 Å². The van der Waals surface area contributed by atoms with Crippen molar-refractivity contribution < 1.29 is 19.8 Å². The lowest BCUT2D eigenvalue weighted by Crippen LogP contribution is -2.50. The van der Waals surface area contributed by atoms with Gasteiger partial charge in [-0.15, -0.1) is 0 Å². The van der Waals surface area contributed by atoms with Gasteiger partial charge in [-0.1, -0.05) is 62.3 Å². The van der Waals surface area contributed by atoms with Crippen LogP contribution in [0.5, 0.6) is 0 Å². The third-order valence-electron chi connectivity index (χ3n) is 4.45. The molecule has 0 spiro atoms. The highest BCUT2D eigenvalue weighted by Gasteiger charge is 2.35. The molecule has 0 rings (SSSR count). The first-order valence-electron chi connectivity index (χ1n) is 11.6. The van der Waals surface area contributed by atoms with Crippen LogP contribution in [0.25, 0.3) is 0 Å². The summed E-state index contributed by atoms with van der Waals surface area (Å²) < 4.78 is 0. The number of hydrogen-bond donors (Lipinski definition) is 4. The number of nitrogens with one attached hydrogen (secondary N) is 1. The average Bonchev–Trinajstić information content (AvgIpc) is 2.51. The van der Waals surface area contributed by atoms with Crippen molar-refractivity contribution in [1.29, 1.82) is 0 Å². The number of nitrogens with two attached hydrogens (primary N) is 1. The molecule has 5 N–H and O–H groups in total. The predicted octanol–water partition coefficient (Wildman–Crippen LogP) is 4.66. The molecule has 6 nitrogen and oxygen atoms in total. The predicted molar refractivity (Wildman–Crippen MR) is 132 cm³/mol. The fraction of sp³-hybridized carbons (Fsp3) is 0.920.